The number of amides is 1. The largest absolute Gasteiger partial charge is 0.363 e. The van der Waals surface area contributed by atoms with Crippen LogP contribution < -0.4 is 10.6 Å². The predicted octanol–water partition coefficient (Wildman–Crippen LogP) is 2.08. The number of carbonyl (C=O) groups excluding carboxylic acids is 1. The van der Waals surface area contributed by atoms with Gasteiger partial charge in [-0.2, -0.15) is 0 Å². The number of ether oxygens (including phenoxy) is 1. The number of nitrogens with one attached hydrogen (secondary N) is 2. The summed E-state index contributed by atoms with van der Waals surface area (Å²) in [6.45, 7) is 5.95. The van der Waals surface area contributed by atoms with E-state index in [2.05, 4.69) is 23.6 Å². The zero-order valence-electron chi connectivity index (χ0n) is 11.6. The fraction of sp³-hybridized carbons (Fsp3) is 0.643. The van der Waals surface area contributed by atoms with Gasteiger partial charge in [0.2, 0.25) is 5.91 Å². The molecule has 1 unspecified atom stereocenters. The van der Waals surface area contributed by atoms with E-state index in [9.17, 15) is 4.79 Å². The Morgan fingerprint density at radius 3 is 2.95 bits per heavy atom. The lowest BCUT2D eigenvalue weighted by Crippen LogP contribution is -2.59. The fourth-order valence-corrected chi connectivity index (χ4v) is 2.93. The van der Waals surface area contributed by atoms with Crippen LogP contribution in [0.2, 0.25) is 0 Å². The molecule has 0 saturated carbocycles. The minimum Gasteiger partial charge on any atom is -0.363 e. The average Bonchev–Trinajstić information content (AvgIpc) is 2.87. The van der Waals surface area contributed by atoms with Crippen LogP contribution in [0.4, 0.5) is 0 Å². The van der Waals surface area contributed by atoms with E-state index in [0.717, 1.165) is 25.9 Å². The van der Waals surface area contributed by atoms with Crippen molar-refractivity contribution >= 4 is 17.2 Å². The molecule has 2 N–H and O–H groups in total. The molecule has 5 heteroatoms. The van der Waals surface area contributed by atoms with Crippen molar-refractivity contribution in [1.82, 2.24) is 10.6 Å². The van der Waals surface area contributed by atoms with Crippen LogP contribution in [-0.2, 0) is 9.53 Å². The zero-order valence-corrected chi connectivity index (χ0v) is 12.4. The van der Waals surface area contributed by atoms with Gasteiger partial charge in [-0.25, -0.2) is 0 Å². The van der Waals surface area contributed by atoms with Crippen molar-refractivity contribution in [2.24, 2.45) is 0 Å². The first kappa shape index (κ1) is 14.5. The van der Waals surface area contributed by atoms with Crippen LogP contribution in [0.1, 0.15) is 37.6 Å². The van der Waals surface area contributed by atoms with Gasteiger partial charge in [-0.1, -0.05) is 19.4 Å². The summed E-state index contributed by atoms with van der Waals surface area (Å²) in [5, 5.41) is 8.26. The minimum atomic E-state index is -0.166. The molecule has 1 aromatic heterocycles. The van der Waals surface area contributed by atoms with Gasteiger partial charge in [0, 0.05) is 18.0 Å². The van der Waals surface area contributed by atoms with E-state index in [-0.39, 0.29) is 24.2 Å². The van der Waals surface area contributed by atoms with E-state index >= 15 is 0 Å². The smallest absolute Gasteiger partial charge is 0.246 e. The van der Waals surface area contributed by atoms with E-state index in [1.165, 1.54) is 4.88 Å². The van der Waals surface area contributed by atoms with E-state index in [1.54, 1.807) is 11.3 Å². The monoisotopic (exact) mass is 282 g/mol. The molecular weight excluding hydrogens is 260 g/mol. The summed E-state index contributed by atoms with van der Waals surface area (Å²) in [6.07, 6.45) is 2.01. The fourth-order valence-electron chi connectivity index (χ4n) is 2.12. The number of hydrogen-bond donors (Lipinski definition) is 2. The maximum atomic E-state index is 12.0. The van der Waals surface area contributed by atoms with Crippen LogP contribution in [0.3, 0.4) is 0 Å². The molecule has 1 saturated heterocycles. The average molecular weight is 282 g/mol. The Kier molecular flexibility index (Phi) is 4.96. The molecule has 0 bridgehead atoms. The third-order valence-electron chi connectivity index (χ3n) is 3.35. The highest BCUT2D eigenvalue weighted by atomic mass is 32.1. The Morgan fingerprint density at radius 1 is 1.63 bits per heavy atom. The maximum Gasteiger partial charge on any atom is 0.246 e. The summed E-state index contributed by atoms with van der Waals surface area (Å²) in [5.74, 6) is -0.0278. The Balaban J connectivity index is 1.81. The van der Waals surface area contributed by atoms with E-state index in [1.807, 2.05) is 18.4 Å². The second-order valence-electron chi connectivity index (χ2n) is 5.27. The predicted molar refractivity (Wildman–Crippen MR) is 77.3 cm³/mol. The van der Waals surface area contributed by atoms with Gasteiger partial charge in [-0.15, -0.1) is 11.3 Å². The molecule has 106 valence electrons. The number of rotatable bonds is 7. The van der Waals surface area contributed by atoms with Crippen molar-refractivity contribution in [3.63, 3.8) is 0 Å². The molecule has 1 aliphatic rings. The maximum absolute atomic E-state index is 12.0. The minimum absolute atomic E-state index is 0.0278. The Labute approximate surface area is 118 Å². The third kappa shape index (κ3) is 4.03. The SMILES string of the molecule is CCCC(NC(=O)COC1(C)CNC1)c1cccs1. The van der Waals surface area contributed by atoms with Crippen molar-refractivity contribution in [2.75, 3.05) is 19.7 Å². The third-order valence-corrected chi connectivity index (χ3v) is 4.33. The summed E-state index contributed by atoms with van der Waals surface area (Å²) < 4.78 is 5.65. The quantitative estimate of drug-likeness (QED) is 0.805. The first-order valence-corrected chi connectivity index (χ1v) is 7.68. The second-order valence-corrected chi connectivity index (χ2v) is 6.25. The summed E-state index contributed by atoms with van der Waals surface area (Å²) in [7, 11) is 0. The van der Waals surface area contributed by atoms with Crippen LogP contribution in [-0.4, -0.2) is 31.2 Å². The molecule has 2 rings (SSSR count). The van der Waals surface area contributed by atoms with Crippen molar-refractivity contribution < 1.29 is 9.53 Å². The molecule has 0 radical (unpaired) electrons. The Morgan fingerprint density at radius 2 is 2.42 bits per heavy atom. The first-order valence-electron chi connectivity index (χ1n) is 6.80. The summed E-state index contributed by atoms with van der Waals surface area (Å²) in [5.41, 5.74) is -0.166. The van der Waals surface area contributed by atoms with Crippen molar-refractivity contribution in [2.45, 2.75) is 38.3 Å². The van der Waals surface area contributed by atoms with Gasteiger partial charge in [0.25, 0.3) is 0 Å². The first-order chi connectivity index (χ1) is 9.13. The molecule has 19 heavy (non-hydrogen) atoms. The summed E-state index contributed by atoms with van der Waals surface area (Å²) in [6, 6.07) is 4.21. The molecule has 1 aliphatic heterocycles. The van der Waals surface area contributed by atoms with Gasteiger partial charge < -0.3 is 15.4 Å². The number of carbonyl (C=O) groups is 1. The Hall–Kier alpha value is -0.910. The lowest BCUT2D eigenvalue weighted by molar-refractivity contribution is -0.136. The molecule has 0 aromatic carbocycles. The van der Waals surface area contributed by atoms with E-state index in [4.69, 9.17) is 4.74 Å². The van der Waals surface area contributed by atoms with E-state index in [0.29, 0.717) is 0 Å². The zero-order chi connectivity index (χ0) is 13.7. The van der Waals surface area contributed by atoms with Crippen LogP contribution in [0.15, 0.2) is 17.5 Å². The van der Waals surface area contributed by atoms with Gasteiger partial charge >= 0.3 is 0 Å². The molecule has 4 nitrogen and oxygen atoms in total. The molecule has 1 atom stereocenters. The van der Waals surface area contributed by atoms with Crippen molar-refractivity contribution in [1.29, 1.82) is 0 Å². The van der Waals surface area contributed by atoms with Gasteiger partial charge in [-0.05, 0) is 24.8 Å². The molecule has 0 spiro atoms. The van der Waals surface area contributed by atoms with Crippen LogP contribution in [0, 0.1) is 0 Å². The number of hydrogen-bond acceptors (Lipinski definition) is 4. The molecule has 0 aliphatic carbocycles. The van der Waals surface area contributed by atoms with Gasteiger partial charge in [0.15, 0.2) is 0 Å². The number of thiophene rings is 1. The molecule has 2 heterocycles. The molecular formula is C14H22N2O2S. The van der Waals surface area contributed by atoms with Crippen LogP contribution in [0.5, 0.6) is 0 Å². The standard InChI is InChI=1S/C14H22N2O2S/c1-3-5-11(12-6-4-7-19-12)16-13(17)8-18-14(2)9-15-10-14/h4,6-7,11,15H,3,5,8-10H2,1-2H3,(H,16,17). The van der Waals surface area contributed by atoms with Crippen LogP contribution >= 0.6 is 11.3 Å². The normalized spacial score (nSPS) is 18.6. The van der Waals surface area contributed by atoms with Crippen LogP contribution in [0.25, 0.3) is 0 Å². The van der Waals surface area contributed by atoms with Gasteiger partial charge in [-0.3, -0.25) is 4.79 Å². The van der Waals surface area contributed by atoms with Gasteiger partial charge in [0.05, 0.1) is 11.6 Å². The van der Waals surface area contributed by atoms with Gasteiger partial charge in [0.1, 0.15) is 6.61 Å². The van der Waals surface area contributed by atoms with E-state index < -0.39 is 0 Å². The molecule has 1 aromatic rings. The lowest BCUT2D eigenvalue weighted by Gasteiger charge is -2.38. The summed E-state index contributed by atoms with van der Waals surface area (Å²) in [4.78, 5) is 13.2. The highest BCUT2D eigenvalue weighted by Gasteiger charge is 2.33. The molecule has 1 amide bonds. The summed E-state index contributed by atoms with van der Waals surface area (Å²) >= 11 is 1.69. The highest BCUT2D eigenvalue weighted by Crippen LogP contribution is 2.23. The Bertz CT molecular complexity index is 402. The lowest BCUT2D eigenvalue weighted by atomic mass is 10.0. The highest BCUT2D eigenvalue weighted by molar-refractivity contribution is 7.10. The topological polar surface area (TPSA) is 50.4 Å². The second kappa shape index (κ2) is 6.50. The van der Waals surface area contributed by atoms with Crippen molar-refractivity contribution in [3.8, 4) is 0 Å². The molecule has 1 fully saturated rings. The van der Waals surface area contributed by atoms with Crippen molar-refractivity contribution in [3.05, 3.63) is 22.4 Å².